The number of hydrogen-bond acceptors (Lipinski definition) is 8. The third-order valence-electron chi connectivity index (χ3n) is 4.37. The maximum absolute atomic E-state index is 5.04. The molecule has 1 aliphatic heterocycles. The maximum Gasteiger partial charge on any atom is 0.223 e. The van der Waals surface area contributed by atoms with Crippen molar-refractivity contribution in [2.75, 3.05) is 31.1 Å². The molecule has 0 unspecified atom stereocenters. The Kier molecular flexibility index (Phi) is 4.57. The molecular formula is C18H21N7O. The van der Waals surface area contributed by atoms with Gasteiger partial charge in [-0.2, -0.15) is 4.98 Å². The van der Waals surface area contributed by atoms with E-state index < -0.39 is 0 Å². The Morgan fingerprint density at radius 3 is 2.58 bits per heavy atom. The van der Waals surface area contributed by atoms with E-state index in [9.17, 15) is 0 Å². The molecule has 0 aromatic carbocycles. The summed E-state index contributed by atoms with van der Waals surface area (Å²) in [5.74, 6) is 2.97. The van der Waals surface area contributed by atoms with Crippen molar-refractivity contribution in [2.24, 2.45) is 0 Å². The molecule has 0 N–H and O–H groups in total. The topological polar surface area (TPSA) is 84.1 Å². The van der Waals surface area contributed by atoms with Crippen LogP contribution in [0, 0.1) is 13.8 Å². The average molecular weight is 351 g/mol. The molecular weight excluding hydrogens is 330 g/mol. The molecule has 1 aliphatic rings. The van der Waals surface area contributed by atoms with Crippen molar-refractivity contribution in [1.29, 1.82) is 0 Å². The Bertz CT molecular complexity index is 872. The highest BCUT2D eigenvalue weighted by atomic mass is 16.5. The number of hydrogen-bond donors (Lipinski definition) is 0. The number of anilines is 1. The van der Waals surface area contributed by atoms with Crippen molar-refractivity contribution in [3.63, 3.8) is 0 Å². The molecule has 0 radical (unpaired) electrons. The van der Waals surface area contributed by atoms with Gasteiger partial charge in [0.25, 0.3) is 0 Å². The van der Waals surface area contributed by atoms with E-state index in [2.05, 4.69) is 29.9 Å². The van der Waals surface area contributed by atoms with Crippen LogP contribution in [0.25, 0.3) is 11.5 Å². The van der Waals surface area contributed by atoms with Crippen molar-refractivity contribution in [3.05, 3.63) is 47.9 Å². The zero-order chi connectivity index (χ0) is 17.9. The zero-order valence-corrected chi connectivity index (χ0v) is 15.0. The molecule has 26 heavy (non-hydrogen) atoms. The second-order valence-electron chi connectivity index (χ2n) is 6.40. The molecule has 4 heterocycles. The van der Waals surface area contributed by atoms with Gasteiger partial charge in [-0.15, -0.1) is 0 Å². The molecule has 0 spiro atoms. The van der Waals surface area contributed by atoms with Crippen LogP contribution >= 0.6 is 0 Å². The van der Waals surface area contributed by atoms with E-state index in [0.29, 0.717) is 18.3 Å². The number of rotatable bonds is 4. The SMILES string of the molecule is Cc1cc(N2CCN(Cc3noc(C)n3)CC2)nc(-c2ccccn2)n1. The summed E-state index contributed by atoms with van der Waals surface area (Å²) >= 11 is 0. The minimum atomic E-state index is 0.608. The molecule has 3 aromatic heterocycles. The molecule has 8 heteroatoms. The van der Waals surface area contributed by atoms with Crippen molar-refractivity contribution in [2.45, 2.75) is 20.4 Å². The zero-order valence-electron chi connectivity index (χ0n) is 15.0. The molecule has 3 aromatic rings. The highest BCUT2D eigenvalue weighted by Gasteiger charge is 2.20. The summed E-state index contributed by atoms with van der Waals surface area (Å²) in [5, 5.41) is 3.97. The predicted octanol–water partition coefficient (Wildman–Crippen LogP) is 1.86. The van der Waals surface area contributed by atoms with Gasteiger partial charge >= 0.3 is 0 Å². The predicted molar refractivity (Wildman–Crippen MR) is 96.5 cm³/mol. The number of aryl methyl sites for hydroxylation is 2. The Morgan fingerprint density at radius 1 is 1.04 bits per heavy atom. The van der Waals surface area contributed by atoms with Crippen molar-refractivity contribution < 1.29 is 4.52 Å². The first-order chi connectivity index (χ1) is 12.7. The molecule has 0 atom stereocenters. The molecule has 0 aliphatic carbocycles. The first-order valence-corrected chi connectivity index (χ1v) is 8.71. The normalized spacial score (nSPS) is 15.4. The third-order valence-corrected chi connectivity index (χ3v) is 4.37. The van der Waals surface area contributed by atoms with Gasteiger partial charge in [-0.25, -0.2) is 9.97 Å². The fourth-order valence-corrected chi connectivity index (χ4v) is 3.06. The summed E-state index contributed by atoms with van der Waals surface area (Å²) in [6, 6.07) is 7.81. The van der Waals surface area contributed by atoms with E-state index in [4.69, 9.17) is 9.51 Å². The van der Waals surface area contributed by atoms with Gasteiger partial charge < -0.3 is 9.42 Å². The summed E-state index contributed by atoms with van der Waals surface area (Å²) in [5.41, 5.74) is 1.74. The second kappa shape index (κ2) is 7.17. The van der Waals surface area contributed by atoms with E-state index >= 15 is 0 Å². The maximum atomic E-state index is 5.04. The van der Waals surface area contributed by atoms with Crippen molar-refractivity contribution in [1.82, 2.24) is 30.0 Å². The Labute approximate surface area is 151 Å². The Hall–Kier alpha value is -2.87. The molecule has 4 rings (SSSR count). The summed E-state index contributed by atoms with van der Waals surface area (Å²) in [4.78, 5) is 22.5. The number of pyridine rings is 1. The number of aromatic nitrogens is 5. The summed E-state index contributed by atoms with van der Waals surface area (Å²) in [6.45, 7) is 8.17. The monoisotopic (exact) mass is 351 g/mol. The quantitative estimate of drug-likeness (QED) is 0.704. The van der Waals surface area contributed by atoms with E-state index in [-0.39, 0.29) is 0 Å². The molecule has 134 valence electrons. The van der Waals surface area contributed by atoms with Crippen LogP contribution in [0.5, 0.6) is 0 Å². The number of nitrogens with zero attached hydrogens (tertiary/aromatic N) is 7. The fraction of sp³-hybridized carbons (Fsp3) is 0.389. The van der Waals surface area contributed by atoms with Crippen LogP contribution in [0.2, 0.25) is 0 Å². The smallest absolute Gasteiger partial charge is 0.223 e. The first kappa shape index (κ1) is 16.6. The van der Waals surface area contributed by atoms with E-state index in [1.54, 1.807) is 6.20 Å². The second-order valence-corrected chi connectivity index (χ2v) is 6.40. The summed E-state index contributed by atoms with van der Waals surface area (Å²) in [7, 11) is 0. The minimum Gasteiger partial charge on any atom is -0.354 e. The van der Waals surface area contributed by atoms with Crippen LogP contribution in [-0.2, 0) is 6.54 Å². The number of piperazine rings is 1. The molecule has 1 fully saturated rings. The van der Waals surface area contributed by atoms with Gasteiger partial charge in [-0.05, 0) is 19.1 Å². The average Bonchev–Trinajstić information content (AvgIpc) is 3.07. The van der Waals surface area contributed by atoms with E-state index in [1.807, 2.05) is 38.1 Å². The lowest BCUT2D eigenvalue weighted by Crippen LogP contribution is -2.46. The van der Waals surface area contributed by atoms with Crippen LogP contribution in [0.3, 0.4) is 0 Å². The summed E-state index contributed by atoms with van der Waals surface area (Å²) < 4.78 is 5.04. The van der Waals surface area contributed by atoms with E-state index in [0.717, 1.165) is 49.2 Å². The summed E-state index contributed by atoms with van der Waals surface area (Å²) in [6.07, 6.45) is 1.76. The Morgan fingerprint density at radius 2 is 1.88 bits per heavy atom. The van der Waals surface area contributed by atoms with Crippen molar-refractivity contribution >= 4 is 5.82 Å². The molecule has 0 amide bonds. The first-order valence-electron chi connectivity index (χ1n) is 8.71. The lowest BCUT2D eigenvalue weighted by Gasteiger charge is -2.34. The highest BCUT2D eigenvalue weighted by Crippen LogP contribution is 2.20. The molecule has 0 bridgehead atoms. The third kappa shape index (κ3) is 3.70. The van der Waals surface area contributed by atoms with Gasteiger partial charge in [0.05, 0.1) is 6.54 Å². The highest BCUT2D eigenvalue weighted by molar-refractivity contribution is 5.53. The minimum absolute atomic E-state index is 0.608. The van der Waals surface area contributed by atoms with Gasteiger partial charge in [0.15, 0.2) is 11.6 Å². The van der Waals surface area contributed by atoms with Crippen LogP contribution in [0.4, 0.5) is 5.82 Å². The molecule has 8 nitrogen and oxygen atoms in total. The van der Waals surface area contributed by atoms with Crippen LogP contribution in [0.1, 0.15) is 17.4 Å². The lowest BCUT2D eigenvalue weighted by atomic mass is 10.2. The van der Waals surface area contributed by atoms with Gasteiger partial charge in [0.2, 0.25) is 5.89 Å². The molecule has 1 saturated heterocycles. The Balaban J connectivity index is 1.45. The van der Waals surface area contributed by atoms with Crippen LogP contribution < -0.4 is 4.90 Å². The van der Waals surface area contributed by atoms with Gasteiger partial charge in [0, 0.05) is 51.1 Å². The largest absolute Gasteiger partial charge is 0.354 e. The lowest BCUT2D eigenvalue weighted by molar-refractivity contribution is 0.239. The van der Waals surface area contributed by atoms with Gasteiger partial charge in [0.1, 0.15) is 11.5 Å². The van der Waals surface area contributed by atoms with E-state index in [1.165, 1.54) is 0 Å². The van der Waals surface area contributed by atoms with Gasteiger partial charge in [-0.1, -0.05) is 11.2 Å². The fourth-order valence-electron chi connectivity index (χ4n) is 3.06. The standard InChI is InChI=1S/C18H21N7O/c1-13-11-17(22-18(20-13)15-5-3-4-6-19-15)25-9-7-24(8-10-25)12-16-21-14(2)26-23-16/h3-6,11H,7-10,12H2,1-2H3. The molecule has 0 saturated carbocycles. The van der Waals surface area contributed by atoms with Crippen molar-refractivity contribution in [3.8, 4) is 11.5 Å². The van der Waals surface area contributed by atoms with Crippen LogP contribution in [-0.4, -0.2) is 56.2 Å². The van der Waals surface area contributed by atoms with Crippen LogP contribution in [0.15, 0.2) is 35.0 Å². The van der Waals surface area contributed by atoms with Gasteiger partial charge in [-0.3, -0.25) is 9.88 Å².